The van der Waals surface area contributed by atoms with Gasteiger partial charge >= 0.3 is 0 Å². The third-order valence-electron chi connectivity index (χ3n) is 4.25. The minimum absolute atomic E-state index is 0.413. The van der Waals surface area contributed by atoms with Crippen molar-refractivity contribution in [1.29, 1.82) is 0 Å². The molecule has 0 saturated carbocycles. The summed E-state index contributed by atoms with van der Waals surface area (Å²) >= 11 is 0. The molecule has 2 N–H and O–H groups in total. The SMILES string of the molecule is CCCCOCCOCCN=C(NCC)NC(C)CCCN(CC)CC. The smallest absolute Gasteiger partial charge is 0.191 e. The van der Waals surface area contributed by atoms with E-state index in [0.717, 1.165) is 45.0 Å². The molecule has 0 amide bonds. The molecule has 0 saturated heterocycles. The molecule has 0 spiro atoms. The van der Waals surface area contributed by atoms with Crippen LogP contribution in [0.2, 0.25) is 0 Å². The molecule has 6 heteroatoms. The summed E-state index contributed by atoms with van der Waals surface area (Å²) < 4.78 is 11.0. The van der Waals surface area contributed by atoms with Gasteiger partial charge in [0.2, 0.25) is 0 Å². The Hall–Kier alpha value is -0.850. The summed E-state index contributed by atoms with van der Waals surface area (Å²) in [5, 5.41) is 6.80. The predicted octanol–water partition coefficient (Wildman–Crippen LogP) is 2.89. The molecule has 0 aliphatic carbocycles. The summed E-state index contributed by atoms with van der Waals surface area (Å²) in [6.45, 7) is 18.7. The van der Waals surface area contributed by atoms with Crippen molar-refractivity contribution < 1.29 is 9.47 Å². The first kappa shape index (κ1) is 25.1. The summed E-state index contributed by atoms with van der Waals surface area (Å²) in [5.41, 5.74) is 0. The zero-order valence-electron chi connectivity index (χ0n) is 18.0. The number of ether oxygens (including phenoxy) is 2. The molecule has 0 aromatic rings. The zero-order valence-corrected chi connectivity index (χ0v) is 18.0. The van der Waals surface area contributed by atoms with Crippen LogP contribution in [-0.2, 0) is 9.47 Å². The monoisotopic (exact) mass is 372 g/mol. The van der Waals surface area contributed by atoms with Gasteiger partial charge in [0.25, 0.3) is 0 Å². The molecular formula is C20H44N4O2. The molecule has 0 bridgehead atoms. The van der Waals surface area contributed by atoms with Gasteiger partial charge in [-0.15, -0.1) is 0 Å². The molecule has 0 rings (SSSR count). The van der Waals surface area contributed by atoms with E-state index in [0.29, 0.717) is 32.4 Å². The third kappa shape index (κ3) is 15.4. The lowest BCUT2D eigenvalue weighted by Gasteiger charge is -2.21. The Morgan fingerprint density at radius 2 is 1.65 bits per heavy atom. The molecule has 0 aromatic heterocycles. The summed E-state index contributed by atoms with van der Waals surface area (Å²) in [6, 6.07) is 0.413. The standard InChI is InChI=1S/C20H44N4O2/c1-6-10-15-25-17-18-26-16-13-22-20(21-7-2)23-19(5)12-11-14-24(8-3)9-4/h19H,6-18H2,1-5H3,(H2,21,22,23). The molecule has 0 radical (unpaired) electrons. The minimum atomic E-state index is 0.413. The van der Waals surface area contributed by atoms with Crippen LogP contribution in [0, 0.1) is 0 Å². The predicted molar refractivity (Wildman–Crippen MR) is 112 cm³/mol. The highest BCUT2D eigenvalue weighted by Crippen LogP contribution is 1.99. The van der Waals surface area contributed by atoms with Crippen molar-refractivity contribution in [2.24, 2.45) is 4.99 Å². The fourth-order valence-electron chi connectivity index (χ4n) is 2.58. The van der Waals surface area contributed by atoms with E-state index in [1.165, 1.54) is 19.4 Å². The highest BCUT2D eigenvalue weighted by atomic mass is 16.5. The second-order valence-electron chi connectivity index (χ2n) is 6.55. The van der Waals surface area contributed by atoms with E-state index in [1.807, 2.05) is 0 Å². The molecule has 0 aromatic carbocycles. The highest BCUT2D eigenvalue weighted by Gasteiger charge is 2.06. The van der Waals surface area contributed by atoms with E-state index in [1.54, 1.807) is 0 Å². The van der Waals surface area contributed by atoms with Gasteiger partial charge in [0.05, 0.1) is 26.4 Å². The fraction of sp³-hybridized carbons (Fsp3) is 0.950. The Bertz CT molecular complexity index is 323. The molecule has 1 unspecified atom stereocenters. The lowest BCUT2D eigenvalue weighted by atomic mass is 10.2. The molecular weight excluding hydrogens is 328 g/mol. The molecule has 0 aliphatic rings. The van der Waals surface area contributed by atoms with E-state index < -0.39 is 0 Å². The van der Waals surface area contributed by atoms with Crippen molar-refractivity contribution in [3.63, 3.8) is 0 Å². The third-order valence-corrected chi connectivity index (χ3v) is 4.25. The molecule has 0 heterocycles. The quantitative estimate of drug-likeness (QED) is 0.234. The molecule has 6 nitrogen and oxygen atoms in total. The van der Waals surface area contributed by atoms with E-state index in [9.17, 15) is 0 Å². The topological polar surface area (TPSA) is 58.1 Å². The van der Waals surface area contributed by atoms with E-state index in [-0.39, 0.29) is 0 Å². The fourth-order valence-corrected chi connectivity index (χ4v) is 2.58. The lowest BCUT2D eigenvalue weighted by Crippen LogP contribution is -2.42. The maximum atomic E-state index is 5.57. The van der Waals surface area contributed by atoms with Gasteiger partial charge < -0.3 is 25.0 Å². The molecule has 156 valence electrons. The van der Waals surface area contributed by atoms with Crippen LogP contribution in [0.3, 0.4) is 0 Å². The first-order chi connectivity index (χ1) is 12.7. The Balaban J connectivity index is 3.89. The van der Waals surface area contributed by atoms with Crippen LogP contribution >= 0.6 is 0 Å². The first-order valence-electron chi connectivity index (χ1n) is 10.6. The molecule has 0 fully saturated rings. The van der Waals surface area contributed by atoms with Crippen molar-refractivity contribution >= 4 is 5.96 Å². The Kier molecular flexibility index (Phi) is 18.3. The van der Waals surface area contributed by atoms with Crippen LogP contribution in [0.1, 0.15) is 60.3 Å². The number of unbranched alkanes of at least 4 members (excludes halogenated alkanes) is 1. The summed E-state index contributed by atoms with van der Waals surface area (Å²) in [7, 11) is 0. The Morgan fingerprint density at radius 3 is 2.27 bits per heavy atom. The number of nitrogens with zero attached hydrogens (tertiary/aromatic N) is 2. The van der Waals surface area contributed by atoms with Gasteiger partial charge in [-0.1, -0.05) is 27.2 Å². The average molecular weight is 373 g/mol. The van der Waals surface area contributed by atoms with Crippen molar-refractivity contribution in [1.82, 2.24) is 15.5 Å². The van der Waals surface area contributed by atoms with Gasteiger partial charge in [-0.3, -0.25) is 4.99 Å². The van der Waals surface area contributed by atoms with Crippen LogP contribution in [0.15, 0.2) is 4.99 Å². The van der Waals surface area contributed by atoms with E-state index >= 15 is 0 Å². The van der Waals surface area contributed by atoms with Gasteiger partial charge in [0.1, 0.15) is 0 Å². The molecule has 0 aliphatic heterocycles. The number of guanidine groups is 1. The number of aliphatic imine (C=N–C) groups is 1. The minimum Gasteiger partial charge on any atom is -0.379 e. The van der Waals surface area contributed by atoms with Crippen molar-refractivity contribution in [3.8, 4) is 0 Å². The zero-order chi connectivity index (χ0) is 19.5. The van der Waals surface area contributed by atoms with Crippen LogP contribution in [0.5, 0.6) is 0 Å². The highest BCUT2D eigenvalue weighted by molar-refractivity contribution is 5.80. The molecule has 26 heavy (non-hydrogen) atoms. The Labute approximate surface area is 162 Å². The summed E-state index contributed by atoms with van der Waals surface area (Å²) in [5.74, 6) is 0.880. The normalized spacial score (nSPS) is 13.2. The van der Waals surface area contributed by atoms with Crippen LogP contribution in [0.4, 0.5) is 0 Å². The van der Waals surface area contributed by atoms with E-state index in [4.69, 9.17) is 9.47 Å². The van der Waals surface area contributed by atoms with Crippen molar-refractivity contribution in [3.05, 3.63) is 0 Å². The average Bonchev–Trinajstić information content (AvgIpc) is 2.64. The van der Waals surface area contributed by atoms with Crippen molar-refractivity contribution in [2.45, 2.75) is 66.3 Å². The van der Waals surface area contributed by atoms with Gasteiger partial charge in [0, 0.05) is 19.2 Å². The largest absolute Gasteiger partial charge is 0.379 e. The van der Waals surface area contributed by atoms with Gasteiger partial charge in [-0.05, 0) is 52.7 Å². The number of hydrogen-bond acceptors (Lipinski definition) is 4. The number of rotatable bonds is 17. The molecule has 1 atom stereocenters. The summed E-state index contributed by atoms with van der Waals surface area (Å²) in [4.78, 5) is 7.06. The van der Waals surface area contributed by atoms with Gasteiger partial charge in [-0.25, -0.2) is 0 Å². The van der Waals surface area contributed by atoms with Crippen LogP contribution < -0.4 is 10.6 Å². The maximum Gasteiger partial charge on any atom is 0.191 e. The lowest BCUT2D eigenvalue weighted by molar-refractivity contribution is 0.0497. The van der Waals surface area contributed by atoms with Crippen LogP contribution in [0.25, 0.3) is 0 Å². The maximum absolute atomic E-state index is 5.57. The Morgan fingerprint density at radius 1 is 0.962 bits per heavy atom. The number of hydrogen-bond donors (Lipinski definition) is 2. The van der Waals surface area contributed by atoms with Gasteiger partial charge in [0.15, 0.2) is 5.96 Å². The first-order valence-corrected chi connectivity index (χ1v) is 10.6. The number of nitrogens with one attached hydrogen (secondary N) is 2. The van der Waals surface area contributed by atoms with Crippen LogP contribution in [-0.4, -0.2) is 76.1 Å². The summed E-state index contributed by atoms with van der Waals surface area (Å²) in [6.07, 6.45) is 4.64. The van der Waals surface area contributed by atoms with Crippen molar-refractivity contribution in [2.75, 3.05) is 59.2 Å². The second-order valence-corrected chi connectivity index (χ2v) is 6.55. The van der Waals surface area contributed by atoms with E-state index in [2.05, 4.69) is 55.1 Å². The van der Waals surface area contributed by atoms with Gasteiger partial charge in [-0.2, -0.15) is 0 Å². The second kappa shape index (κ2) is 18.9.